The Balaban J connectivity index is 1.25. The highest BCUT2D eigenvalue weighted by molar-refractivity contribution is 7.99. The van der Waals surface area contributed by atoms with Crippen molar-refractivity contribution in [2.45, 2.75) is 16.2 Å². The lowest BCUT2D eigenvalue weighted by atomic mass is 10.0. The quantitative estimate of drug-likeness (QED) is 0.248. The minimum absolute atomic E-state index is 0.269. The molecular weight excluding hydrogens is 428 g/mol. The van der Waals surface area contributed by atoms with Gasteiger partial charge in [0.05, 0.1) is 29.4 Å². The molecule has 0 N–H and O–H groups in total. The lowest BCUT2D eigenvalue weighted by Gasteiger charge is -2.32. The van der Waals surface area contributed by atoms with Crippen LogP contribution >= 0.6 is 11.8 Å². The van der Waals surface area contributed by atoms with E-state index in [9.17, 15) is 4.79 Å². The van der Waals surface area contributed by atoms with Crippen LogP contribution in [0.5, 0.6) is 5.75 Å². The summed E-state index contributed by atoms with van der Waals surface area (Å²) in [4.78, 5) is 17.2. The first-order valence-corrected chi connectivity index (χ1v) is 11.5. The average Bonchev–Trinajstić information content (AvgIpc) is 2.87. The van der Waals surface area contributed by atoms with Crippen LogP contribution in [0.1, 0.15) is 12.0 Å². The second-order valence-corrected chi connectivity index (χ2v) is 8.71. The molecule has 4 aromatic carbocycles. The molecular formula is C28H20N2O2S. The molecule has 0 spiro atoms. The van der Waals surface area contributed by atoms with E-state index in [0.29, 0.717) is 17.9 Å². The van der Waals surface area contributed by atoms with Crippen molar-refractivity contribution in [3.63, 3.8) is 0 Å². The lowest BCUT2D eigenvalue weighted by molar-refractivity contribution is -0.134. The molecule has 0 saturated heterocycles. The zero-order valence-corrected chi connectivity index (χ0v) is 18.6. The Kier molecular flexibility index (Phi) is 5.84. The van der Waals surface area contributed by atoms with Crippen LogP contribution in [-0.2, 0) is 4.79 Å². The summed E-state index contributed by atoms with van der Waals surface area (Å²) in [6.07, 6.45) is 0.269. The minimum atomic E-state index is -0.269. The topological polar surface area (TPSA) is 53.3 Å². The van der Waals surface area contributed by atoms with Crippen molar-refractivity contribution in [2.24, 2.45) is 0 Å². The van der Waals surface area contributed by atoms with Crippen molar-refractivity contribution >= 4 is 29.1 Å². The van der Waals surface area contributed by atoms with Gasteiger partial charge in [0.15, 0.2) is 0 Å². The second kappa shape index (κ2) is 9.23. The standard InChI is InChI=1S/C28H20N2O2S/c29-19-20-9-11-21(12-10-20)22-13-15-23(16-14-22)32-28(31)17-18-30-24-5-1-3-7-26(24)33-27-8-4-2-6-25(27)30/h1-16H,17-18H2. The first-order chi connectivity index (χ1) is 16.2. The molecule has 33 heavy (non-hydrogen) atoms. The number of carbonyl (C=O) groups is 1. The molecule has 0 aliphatic carbocycles. The number of carbonyl (C=O) groups excluding carboxylic acids is 1. The molecule has 0 atom stereocenters. The van der Waals surface area contributed by atoms with Crippen molar-refractivity contribution in [2.75, 3.05) is 11.4 Å². The van der Waals surface area contributed by atoms with E-state index in [2.05, 4.69) is 35.2 Å². The fourth-order valence-electron chi connectivity index (χ4n) is 3.86. The zero-order valence-electron chi connectivity index (χ0n) is 17.8. The van der Waals surface area contributed by atoms with E-state index in [4.69, 9.17) is 10.00 Å². The van der Waals surface area contributed by atoms with E-state index < -0.39 is 0 Å². The number of hydrogen-bond acceptors (Lipinski definition) is 5. The van der Waals surface area contributed by atoms with E-state index in [1.165, 1.54) is 9.79 Å². The van der Waals surface area contributed by atoms with Crippen LogP contribution in [0, 0.1) is 11.3 Å². The van der Waals surface area contributed by atoms with E-state index in [1.54, 1.807) is 36.0 Å². The summed E-state index contributed by atoms with van der Waals surface area (Å²) >= 11 is 1.75. The van der Waals surface area contributed by atoms with Gasteiger partial charge in [0.25, 0.3) is 0 Å². The zero-order chi connectivity index (χ0) is 22.6. The largest absolute Gasteiger partial charge is 0.426 e. The fourth-order valence-corrected chi connectivity index (χ4v) is 4.96. The number of fused-ring (bicyclic) bond motifs is 2. The van der Waals surface area contributed by atoms with Gasteiger partial charge in [-0.15, -0.1) is 0 Å². The third-order valence-electron chi connectivity index (χ3n) is 5.50. The number of ether oxygens (including phenoxy) is 1. The van der Waals surface area contributed by atoms with Gasteiger partial charge in [-0.05, 0) is 59.7 Å². The number of benzene rings is 4. The molecule has 1 aliphatic heterocycles. The monoisotopic (exact) mass is 448 g/mol. The molecule has 0 unspecified atom stereocenters. The number of hydrogen-bond donors (Lipinski definition) is 0. The van der Waals surface area contributed by atoms with Gasteiger partial charge in [-0.2, -0.15) is 5.26 Å². The summed E-state index contributed by atoms with van der Waals surface area (Å²) < 4.78 is 5.59. The van der Waals surface area contributed by atoms with Crippen LogP contribution in [0.2, 0.25) is 0 Å². The van der Waals surface area contributed by atoms with Crippen molar-refractivity contribution in [3.8, 4) is 22.9 Å². The van der Waals surface area contributed by atoms with Gasteiger partial charge < -0.3 is 9.64 Å². The number of para-hydroxylation sites is 2. The van der Waals surface area contributed by atoms with Crippen molar-refractivity contribution in [1.82, 2.24) is 0 Å². The van der Waals surface area contributed by atoms with Crippen LogP contribution in [0.4, 0.5) is 11.4 Å². The third-order valence-corrected chi connectivity index (χ3v) is 6.64. The molecule has 5 heteroatoms. The maximum Gasteiger partial charge on any atom is 0.312 e. The van der Waals surface area contributed by atoms with Crippen molar-refractivity contribution in [3.05, 3.63) is 103 Å². The third kappa shape index (κ3) is 4.48. The normalized spacial score (nSPS) is 11.8. The van der Waals surface area contributed by atoms with Gasteiger partial charge in [-0.1, -0.05) is 60.3 Å². The number of rotatable bonds is 5. The average molecular weight is 449 g/mol. The first-order valence-electron chi connectivity index (χ1n) is 10.7. The molecule has 0 fully saturated rings. The Bertz CT molecular complexity index is 1300. The Hall–Kier alpha value is -4.01. The second-order valence-electron chi connectivity index (χ2n) is 7.63. The number of esters is 1. The summed E-state index contributed by atoms with van der Waals surface area (Å²) in [6, 6.07) is 33.5. The van der Waals surface area contributed by atoms with Gasteiger partial charge in [0.2, 0.25) is 0 Å². The maximum atomic E-state index is 12.6. The molecule has 5 rings (SSSR count). The lowest BCUT2D eigenvalue weighted by Crippen LogP contribution is -2.25. The predicted molar refractivity (Wildman–Crippen MR) is 131 cm³/mol. The fraction of sp³-hybridized carbons (Fsp3) is 0.0714. The van der Waals surface area contributed by atoms with Crippen LogP contribution in [0.25, 0.3) is 11.1 Å². The molecule has 1 aliphatic rings. The molecule has 0 radical (unpaired) electrons. The van der Waals surface area contributed by atoms with Crippen LogP contribution in [-0.4, -0.2) is 12.5 Å². The molecule has 0 bridgehead atoms. The smallest absolute Gasteiger partial charge is 0.312 e. The van der Waals surface area contributed by atoms with Gasteiger partial charge in [-0.3, -0.25) is 4.79 Å². The Labute approximate surface area is 197 Å². The highest BCUT2D eigenvalue weighted by Crippen LogP contribution is 2.47. The number of anilines is 2. The number of nitriles is 1. The predicted octanol–water partition coefficient (Wildman–Crippen LogP) is 6.82. The summed E-state index contributed by atoms with van der Waals surface area (Å²) in [5.74, 6) is 0.252. The molecule has 160 valence electrons. The Morgan fingerprint density at radius 2 is 1.33 bits per heavy atom. The molecule has 0 aromatic heterocycles. The van der Waals surface area contributed by atoms with E-state index in [1.807, 2.05) is 48.5 Å². The summed E-state index contributed by atoms with van der Waals surface area (Å²) in [5.41, 5.74) is 4.86. The number of nitrogens with zero attached hydrogens (tertiary/aromatic N) is 2. The summed E-state index contributed by atoms with van der Waals surface area (Å²) in [6.45, 7) is 0.538. The van der Waals surface area contributed by atoms with Gasteiger partial charge in [-0.25, -0.2) is 0 Å². The first kappa shape index (κ1) is 20.9. The van der Waals surface area contributed by atoms with Gasteiger partial charge in [0, 0.05) is 16.3 Å². The molecule has 4 nitrogen and oxygen atoms in total. The summed E-state index contributed by atoms with van der Waals surface area (Å²) in [7, 11) is 0. The van der Waals surface area contributed by atoms with E-state index in [-0.39, 0.29) is 12.4 Å². The minimum Gasteiger partial charge on any atom is -0.426 e. The summed E-state index contributed by atoms with van der Waals surface area (Å²) in [5, 5.41) is 8.94. The van der Waals surface area contributed by atoms with Crippen LogP contribution in [0.3, 0.4) is 0 Å². The van der Waals surface area contributed by atoms with Crippen molar-refractivity contribution < 1.29 is 9.53 Å². The Morgan fingerprint density at radius 1 is 0.788 bits per heavy atom. The molecule has 1 heterocycles. The van der Waals surface area contributed by atoms with Crippen LogP contribution in [0.15, 0.2) is 107 Å². The molecule has 0 amide bonds. The van der Waals surface area contributed by atoms with E-state index in [0.717, 1.165) is 22.5 Å². The SMILES string of the molecule is N#Cc1ccc(-c2ccc(OC(=O)CCN3c4ccccc4Sc4ccccc43)cc2)cc1. The van der Waals surface area contributed by atoms with E-state index >= 15 is 0 Å². The maximum absolute atomic E-state index is 12.6. The van der Waals surface area contributed by atoms with Gasteiger partial charge in [0.1, 0.15) is 5.75 Å². The van der Waals surface area contributed by atoms with Crippen LogP contribution < -0.4 is 9.64 Å². The van der Waals surface area contributed by atoms with Gasteiger partial charge >= 0.3 is 5.97 Å². The molecule has 4 aromatic rings. The molecule has 0 saturated carbocycles. The highest BCUT2D eigenvalue weighted by atomic mass is 32.2. The Morgan fingerprint density at radius 3 is 1.91 bits per heavy atom. The highest BCUT2D eigenvalue weighted by Gasteiger charge is 2.23. The van der Waals surface area contributed by atoms with Crippen molar-refractivity contribution in [1.29, 1.82) is 5.26 Å².